The van der Waals surface area contributed by atoms with Crippen LogP contribution in [0.4, 0.5) is 0 Å². The molecule has 0 saturated carbocycles. The molecule has 1 rings (SSSR count). The lowest BCUT2D eigenvalue weighted by molar-refractivity contribution is 0.147. The lowest BCUT2D eigenvalue weighted by Crippen LogP contribution is -2.44. The third-order valence-corrected chi connectivity index (χ3v) is 2.64. The van der Waals surface area contributed by atoms with E-state index >= 15 is 0 Å². The van der Waals surface area contributed by atoms with Crippen LogP contribution in [0.5, 0.6) is 0 Å². The molecule has 0 radical (unpaired) electrons. The molecule has 0 bridgehead atoms. The van der Waals surface area contributed by atoms with Crippen molar-refractivity contribution in [1.29, 1.82) is 0 Å². The number of nitrogens with zero attached hydrogens (tertiary/aromatic N) is 2. The summed E-state index contributed by atoms with van der Waals surface area (Å²) in [6, 6.07) is 0.660. The van der Waals surface area contributed by atoms with E-state index in [1.165, 1.54) is 12.0 Å². The first kappa shape index (κ1) is 9.59. The van der Waals surface area contributed by atoms with Gasteiger partial charge in [-0.1, -0.05) is 6.92 Å². The standard InChI is InChI=1S/C10H20N2/c1-5-10-9(3)7-12(6-2)8-11(10)4/h7,10H,5-6,8H2,1-4H3. The first-order chi connectivity index (χ1) is 5.69. The number of hydrogen-bond donors (Lipinski definition) is 0. The van der Waals surface area contributed by atoms with Gasteiger partial charge >= 0.3 is 0 Å². The maximum atomic E-state index is 2.42. The topological polar surface area (TPSA) is 6.48 Å². The monoisotopic (exact) mass is 168 g/mol. The minimum atomic E-state index is 0.660. The zero-order valence-corrected chi connectivity index (χ0v) is 8.67. The van der Waals surface area contributed by atoms with E-state index in [4.69, 9.17) is 0 Å². The highest BCUT2D eigenvalue weighted by molar-refractivity contribution is 5.10. The van der Waals surface area contributed by atoms with Crippen LogP contribution in [0.3, 0.4) is 0 Å². The molecule has 1 unspecified atom stereocenters. The Labute approximate surface area is 75.8 Å². The minimum Gasteiger partial charge on any atom is -0.365 e. The molecule has 0 saturated heterocycles. The maximum Gasteiger partial charge on any atom is 0.0703 e. The van der Waals surface area contributed by atoms with Gasteiger partial charge in [0.1, 0.15) is 0 Å². The van der Waals surface area contributed by atoms with Crippen molar-refractivity contribution in [3.8, 4) is 0 Å². The Kier molecular flexibility index (Phi) is 3.15. The van der Waals surface area contributed by atoms with Gasteiger partial charge in [-0.3, -0.25) is 4.90 Å². The van der Waals surface area contributed by atoms with Gasteiger partial charge in [0, 0.05) is 18.8 Å². The molecule has 0 N–H and O–H groups in total. The fourth-order valence-electron chi connectivity index (χ4n) is 1.97. The predicted molar refractivity (Wildman–Crippen MR) is 52.8 cm³/mol. The van der Waals surface area contributed by atoms with Gasteiger partial charge in [0.05, 0.1) is 6.67 Å². The Morgan fingerprint density at radius 3 is 2.58 bits per heavy atom. The van der Waals surface area contributed by atoms with Crippen LogP contribution in [-0.2, 0) is 0 Å². The third kappa shape index (κ3) is 1.81. The Hall–Kier alpha value is -0.500. The highest BCUT2D eigenvalue weighted by Crippen LogP contribution is 2.18. The average molecular weight is 168 g/mol. The van der Waals surface area contributed by atoms with Gasteiger partial charge in [-0.25, -0.2) is 0 Å². The molecule has 0 fully saturated rings. The van der Waals surface area contributed by atoms with Crippen LogP contribution in [0.1, 0.15) is 27.2 Å². The van der Waals surface area contributed by atoms with Crippen molar-refractivity contribution in [2.45, 2.75) is 33.2 Å². The van der Waals surface area contributed by atoms with Gasteiger partial charge in [0.2, 0.25) is 0 Å². The summed E-state index contributed by atoms with van der Waals surface area (Å²) in [6.07, 6.45) is 3.52. The number of rotatable bonds is 2. The highest BCUT2D eigenvalue weighted by atomic mass is 15.3. The maximum absolute atomic E-state index is 2.42. The molecule has 1 atom stereocenters. The van der Waals surface area contributed by atoms with Gasteiger partial charge in [-0.15, -0.1) is 0 Å². The summed E-state index contributed by atoms with van der Waals surface area (Å²) < 4.78 is 0. The van der Waals surface area contributed by atoms with E-state index in [0.29, 0.717) is 6.04 Å². The molecule has 0 amide bonds. The highest BCUT2D eigenvalue weighted by Gasteiger charge is 2.20. The van der Waals surface area contributed by atoms with Crippen LogP contribution in [0.15, 0.2) is 11.8 Å². The quantitative estimate of drug-likeness (QED) is 0.621. The van der Waals surface area contributed by atoms with Crippen LogP contribution in [0.2, 0.25) is 0 Å². The van der Waals surface area contributed by atoms with Crippen molar-refractivity contribution >= 4 is 0 Å². The van der Waals surface area contributed by atoms with E-state index in [0.717, 1.165) is 13.2 Å². The van der Waals surface area contributed by atoms with Gasteiger partial charge in [0.25, 0.3) is 0 Å². The Morgan fingerprint density at radius 1 is 1.50 bits per heavy atom. The molecule has 1 heterocycles. The lowest BCUT2D eigenvalue weighted by atomic mass is 10.0. The van der Waals surface area contributed by atoms with Crippen LogP contribution in [0, 0.1) is 0 Å². The zero-order chi connectivity index (χ0) is 9.14. The van der Waals surface area contributed by atoms with Gasteiger partial charge in [-0.2, -0.15) is 0 Å². The van der Waals surface area contributed by atoms with Crippen molar-refractivity contribution in [2.75, 3.05) is 20.3 Å². The summed E-state index contributed by atoms with van der Waals surface area (Å²) in [7, 11) is 2.20. The minimum absolute atomic E-state index is 0.660. The summed E-state index contributed by atoms with van der Waals surface area (Å²) >= 11 is 0. The van der Waals surface area contributed by atoms with E-state index in [-0.39, 0.29) is 0 Å². The van der Waals surface area contributed by atoms with Crippen molar-refractivity contribution in [3.63, 3.8) is 0 Å². The fourth-order valence-corrected chi connectivity index (χ4v) is 1.97. The molecule has 12 heavy (non-hydrogen) atoms. The van der Waals surface area contributed by atoms with E-state index < -0.39 is 0 Å². The molecule has 0 spiro atoms. The molecule has 0 aromatic carbocycles. The van der Waals surface area contributed by atoms with Crippen molar-refractivity contribution in [3.05, 3.63) is 11.8 Å². The molecule has 0 aliphatic carbocycles. The van der Waals surface area contributed by atoms with Crippen LogP contribution in [-0.4, -0.2) is 36.1 Å². The molecular weight excluding hydrogens is 148 g/mol. The second-order valence-electron chi connectivity index (χ2n) is 3.60. The van der Waals surface area contributed by atoms with Gasteiger partial charge < -0.3 is 4.90 Å². The number of hydrogen-bond acceptors (Lipinski definition) is 2. The molecule has 0 aromatic heterocycles. The SMILES string of the molecule is CCC1C(C)=CN(CC)CN1C. The normalized spacial score (nSPS) is 25.8. The molecule has 1 aliphatic rings. The lowest BCUT2D eigenvalue weighted by Gasteiger charge is -2.38. The summed E-state index contributed by atoms with van der Waals surface area (Å²) in [5.41, 5.74) is 1.49. The Bertz CT molecular complexity index is 175. The number of likely N-dealkylation sites (N-methyl/N-ethyl adjacent to an activating group) is 1. The van der Waals surface area contributed by atoms with E-state index in [1.807, 2.05) is 0 Å². The molecule has 70 valence electrons. The smallest absolute Gasteiger partial charge is 0.0703 e. The summed E-state index contributed by atoms with van der Waals surface area (Å²) in [5, 5.41) is 0. The summed E-state index contributed by atoms with van der Waals surface area (Å²) in [4.78, 5) is 4.76. The van der Waals surface area contributed by atoms with Crippen LogP contribution < -0.4 is 0 Å². The molecular formula is C10H20N2. The predicted octanol–water partition coefficient (Wildman–Crippen LogP) is 1.89. The average Bonchev–Trinajstić information content (AvgIpc) is 2.03. The first-order valence-corrected chi connectivity index (χ1v) is 4.81. The van der Waals surface area contributed by atoms with Crippen LogP contribution in [0.25, 0.3) is 0 Å². The van der Waals surface area contributed by atoms with Crippen LogP contribution >= 0.6 is 0 Å². The summed E-state index contributed by atoms with van der Waals surface area (Å²) in [5.74, 6) is 0. The van der Waals surface area contributed by atoms with E-state index in [9.17, 15) is 0 Å². The molecule has 0 aromatic rings. The van der Waals surface area contributed by atoms with Crippen molar-refractivity contribution in [2.24, 2.45) is 0 Å². The Balaban J connectivity index is 2.70. The van der Waals surface area contributed by atoms with E-state index in [1.54, 1.807) is 0 Å². The second-order valence-corrected chi connectivity index (χ2v) is 3.60. The second kappa shape index (κ2) is 3.94. The largest absolute Gasteiger partial charge is 0.365 e. The van der Waals surface area contributed by atoms with Gasteiger partial charge in [0.15, 0.2) is 0 Å². The van der Waals surface area contributed by atoms with Crippen molar-refractivity contribution in [1.82, 2.24) is 9.80 Å². The van der Waals surface area contributed by atoms with Gasteiger partial charge in [-0.05, 0) is 32.9 Å². The molecule has 2 heteroatoms. The Morgan fingerprint density at radius 2 is 2.17 bits per heavy atom. The zero-order valence-electron chi connectivity index (χ0n) is 8.67. The van der Waals surface area contributed by atoms with E-state index in [2.05, 4.69) is 43.8 Å². The third-order valence-electron chi connectivity index (χ3n) is 2.64. The summed E-state index contributed by atoms with van der Waals surface area (Å²) in [6.45, 7) is 8.86. The molecule has 1 aliphatic heterocycles. The first-order valence-electron chi connectivity index (χ1n) is 4.81. The fraction of sp³-hybridized carbons (Fsp3) is 0.800. The van der Waals surface area contributed by atoms with Crippen molar-refractivity contribution < 1.29 is 0 Å². The molecule has 2 nitrogen and oxygen atoms in total.